The Morgan fingerprint density at radius 1 is 0.846 bits per heavy atom. The maximum Gasteiger partial charge on any atom is 0.0706 e. The number of piperidine rings is 1. The monoisotopic (exact) mass is 494 g/mol. The van der Waals surface area contributed by atoms with Gasteiger partial charge in [-0.15, -0.1) is 0 Å². The van der Waals surface area contributed by atoms with Gasteiger partial charge >= 0.3 is 0 Å². The Bertz CT molecular complexity index is 423. The van der Waals surface area contributed by atoms with Gasteiger partial charge in [0.1, 0.15) is 0 Å². The molecule has 1 saturated heterocycles. The quantitative estimate of drug-likeness (QED) is 0.495. The molecule has 0 aromatic heterocycles. The molecular formula is C20H36Br2N2O2. The lowest BCUT2D eigenvalue weighted by Crippen LogP contribution is -2.50. The standard InChI is InChI=1S/C20H36Br2N2O2/c21-16-9-15(20(26)18(22)10-16)12-24(13-17-6-3-4-8-23-17)11-14-5-1-2-7-19(14)25/h14-20,23,25-26H,1-13H2. The number of halogens is 2. The number of hydrogen-bond acceptors (Lipinski definition) is 4. The Morgan fingerprint density at radius 3 is 2.31 bits per heavy atom. The summed E-state index contributed by atoms with van der Waals surface area (Å²) in [4.78, 5) is 3.22. The molecule has 0 aromatic rings. The number of alkyl halides is 2. The molecule has 3 aliphatic rings. The van der Waals surface area contributed by atoms with Crippen LogP contribution in [0.5, 0.6) is 0 Å². The molecule has 2 saturated carbocycles. The Kier molecular flexibility index (Phi) is 8.72. The molecule has 0 spiro atoms. The fraction of sp³-hybridized carbons (Fsp3) is 1.00. The van der Waals surface area contributed by atoms with Gasteiger partial charge in [-0.2, -0.15) is 0 Å². The van der Waals surface area contributed by atoms with Gasteiger partial charge in [0.2, 0.25) is 0 Å². The van der Waals surface area contributed by atoms with Crippen molar-refractivity contribution in [1.29, 1.82) is 0 Å². The molecule has 3 N–H and O–H groups in total. The average molecular weight is 496 g/mol. The van der Waals surface area contributed by atoms with E-state index < -0.39 is 0 Å². The van der Waals surface area contributed by atoms with E-state index in [0.717, 1.165) is 51.9 Å². The van der Waals surface area contributed by atoms with E-state index in [4.69, 9.17) is 0 Å². The second-order valence-electron chi connectivity index (χ2n) is 8.81. The molecular weight excluding hydrogens is 460 g/mol. The van der Waals surface area contributed by atoms with Crippen molar-refractivity contribution in [2.45, 2.75) is 85.7 Å². The van der Waals surface area contributed by atoms with Crippen molar-refractivity contribution < 1.29 is 10.2 Å². The van der Waals surface area contributed by atoms with Gasteiger partial charge in [0.15, 0.2) is 0 Å². The maximum absolute atomic E-state index is 10.7. The molecule has 152 valence electrons. The van der Waals surface area contributed by atoms with Crippen LogP contribution in [0.4, 0.5) is 0 Å². The lowest BCUT2D eigenvalue weighted by Gasteiger charge is -2.41. The molecule has 2 aliphatic carbocycles. The summed E-state index contributed by atoms with van der Waals surface area (Å²) in [6.45, 7) is 4.09. The zero-order valence-electron chi connectivity index (χ0n) is 15.8. The first-order valence-corrected chi connectivity index (χ1v) is 12.5. The first kappa shape index (κ1) is 21.5. The van der Waals surface area contributed by atoms with Crippen molar-refractivity contribution in [3.8, 4) is 0 Å². The van der Waals surface area contributed by atoms with E-state index in [1.54, 1.807) is 0 Å². The van der Waals surface area contributed by atoms with E-state index in [1.165, 1.54) is 32.1 Å². The number of rotatable bonds is 6. The molecule has 0 radical (unpaired) electrons. The zero-order chi connectivity index (χ0) is 18.5. The summed E-state index contributed by atoms with van der Waals surface area (Å²) in [6.07, 6.45) is 9.97. The van der Waals surface area contributed by atoms with E-state index in [0.29, 0.717) is 22.7 Å². The number of nitrogens with zero attached hydrogens (tertiary/aromatic N) is 1. The van der Waals surface area contributed by atoms with Gasteiger partial charge in [0.25, 0.3) is 0 Å². The van der Waals surface area contributed by atoms with Crippen molar-refractivity contribution in [2.24, 2.45) is 11.8 Å². The number of nitrogens with one attached hydrogen (secondary N) is 1. The van der Waals surface area contributed by atoms with Gasteiger partial charge in [0.05, 0.1) is 12.2 Å². The molecule has 26 heavy (non-hydrogen) atoms. The van der Waals surface area contributed by atoms with Crippen molar-refractivity contribution in [1.82, 2.24) is 10.2 Å². The number of aliphatic hydroxyl groups is 2. The van der Waals surface area contributed by atoms with Crippen LogP contribution in [0.3, 0.4) is 0 Å². The molecule has 6 heteroatoms. The lowest BCUT2D eigenvalue weighted by atomic mass is 9.84. The van der Waals surface area contributed by atoms with Gasteiger partial charge in [-0.25, -0.2) is 0 Å². The van der Waals surface area contributed by atoms with Crippen molar-refractivity contribution in [2.75, 3.05) is 26.2 Å². The summed E-state index contributed by atoms with van der Waals surface area (Å²) in [5.74, 6) is 0.689. The van der Waals surface area contributed by atoms with Crippen molar-refractivity contribution in [3.63, 3.8) is 0 Å². The summed E-state index contributed by atoms with van der Waals surface area (Å²) < 4.78 is 0. The third-order valence-corrected chi connectivity index (χ3v) is 8.30. The second-order valence-corrected chi connectivity index (χ2v) is 11.3. The zero-order valence-corrected chi connectivity index (χ0v) is 19.0. The van der Waals surface area contributed by atoms with E-state index in [-0.39, 0.29) is 17.0 Å². The van der Waals surface area contributed by atoms with Crippen LogP contribution in [-0.4, -0.2) is 69.2 Å². The smallest absolute Gasteiger partial charge is 0.0706 e. The molecule has 3 fully saturated rings. The molecule has 0 bridgehead atoms. The summed E-state index contributed by atoms with van der Waals surface area (Å²) in [6, 6.07) is 0.560. The number of hydrogen-bond donors (Lipinski definition) is 3. The number of aliphatic hydroxyl groups excluding tert-OH is 2. The first-order valence-electron chi connectivity index (χ1n) is 10.6. The lowest BCUT2D eigenvalue weighted by molar-refractivity contribution is 0.0191. The van der Waals surface area contributed by atoms with Gasteiger partial charge in [-0.1, -0.05) is 51.1 Å². The van der Waals surface area contributed by atoms with Crippen LogP contribution in [0.25, 0.3) is 0 Å². The third-order valence-electron chi connectivity index (χ3n) is 6.64. The minimum absolute atomic E-state index is 0.144. The SMILES string of the molecule is OC1CCCCC1CN(CC1CCCCN1)CC1CC(Br)CC(Br)C1O. The highest BCUT2D eigenvalue weighted by atomic mass is 79.9. The normalized spacial score (nSPS) is 42.1. The molecule has 7 atom stereocenters. The molecule has 1 heterocycles. The molecule has 1 aliphatic heterocycles. The first-order chi connectivity index (χ1) is 12.5. The maximum atomic E-state index is 10.7. The highest BCUT2D eigenvalue weighted by Gasteiger charge is 2.36. The minimum Gasteiger partial charge on any atom is -0.393 e. The van der Waals surface area contributed by atoms with Crippen LogP contribution in [0.1, 0.15) is 57.8 Å². The average Bonchev–Trinajstić information content (AvgIpc) is 2.62. The fourth-order valence-electron chi connectivity index (χ4n) is 5.11. The van der Waals surface area contributed by atoms with Crippen LogP contribution >= 0.6 is 31.9 Å². The molecule has 3 rings (SSSR count). The van der Waals surface area contributed by atoms with Gasteiger partial charge in [-0.05, 0) is 56.9 Å². The van der Waals surface area contributed by atoms with E-state index in [9.17, 15) is 10.2 Å². The molecule has 4 nitrogen and oxygen atoms in total. The minimum atomic E-state index is -0.276. The Hall–Kier alpha value is 0.800. The predicted molar refractivity (Wildman–Crippen MR) is 114 cm³/mol. The third kappa shape index (κ3) is 6.15. The topological polar surface area (TPSA) is 55.7 Å². The summed E-state index contributed by atoms with van der Waals surface area (Å²) >= 11 is 7.46. The van der Waals surface area contributed by atoms with Crippen molar-refractivity contribution in [3.05, 3.63) is 0 Å². The molecule has 7 unspecified atom stereocenters. The highest BCUT2D eigenvalue weighted by Crippen LogP contribution is 2.35. The van der Waals surface area contributed by atoms with E-state index in [1.807, 2.05) is 0 Å². The van der Waals surface area contributed by atoms with Crippen LogP contribution < -0.4 is 5.32 Å². The van der Waals surface area contributed by atoms with Crippen LogP contribution in [0, 0.1) is 11.8 Å². The largest absolute Gasteiger partial charge is 0.393 e. The Morgan fingerprint density at radius 2 is 1.58 bits per heavy atom. The molecule has 0 amide bonds. The Labute approximate surface area is 175 Å². The van der Waals surface area contributed by atoms with Crippen LogP contribution in [0.2, 0.25) is 0 Å². The highest BCUT2D eigenvalue weighted by molar-refractivity contribution is 9.10. The second kappa shape index (κ2) is 10.5. The van der Waals surface area contributed by atoms with E-state index in [2.05, 4.69) is 42.1 Å². The van der Waals surface area contributed by atoms with Gasteiger partial charge in [-0.3, -0.25) is 0 Å². The van der Waals surface area contributed by atoms with Crippen LogP contribution in [0.15, 0.2) is 0 Å². The predicted octanol–water partition coefficient (Wildman–Crippen LogP) is 3.28. The van der Waals surface area contributed by atoms with Crippen molar-refractivity contribution >= 4 is 31.9 Å². The van der Waals surface area contributed by atoms with E-state index >= 15 is 0 Å². The fourth-order valence-corrected chi connectivity index (χ4v) is 7.37. The summed E-state index contributed by atoms with van der Waals surface area (Å²) in [5, 5.41) is 24.8. The summed E-state index contributed by atoms with van der Waals surface area (Å²) in [7, 11) is 0. The van der Waals surface area contributed by atoms with Gasteiger partial charge in [0, 0.05) is 35.3 Å². The summed E-state index contributed by atoms with van der Waals surface area (Å²) in [5.41, 5.74) is 0. The van der Waals surface area contributed by atoms with Gasteiger partial charge < -0.3 is 20.4 Å². The van der Waals surface area contributed by atoms with Crippen LogP contribution in [-0.2, 0) is 0 Å². The molecule has 0 aromatic carbocycles. The Balaban J connectivity index is 1.62.